The number of carbonyl (C=O) groups excluding carboxylic acids is 1. The van der Waals surface area contributed by atoms with Crippen LogP contribution in [0.25, 0.3) is 0 Å². The van der Waals surface area contributed by atoms with Crippen molar-refractivity contribution >= 4 is 6.03 Å². The first kappa shape index (κ1) is 18.6. The van der Waals surface area contributed by atoms with E-state index in [1.807, 2.05) is 12.1 Å². The molecule has 5 heteroatoms. The van der Waals surface area contributed by atoms with E-state index in [1.165, 1.54) is 5.56 Å². The van der Waals surface area contributed by atoms with E-state index in [4.69, 9.17) is 4.74 Å². The zero-order chi connectivity index (χ0) is 17.7. The van der Waals surface area contributed by atoms with Crippen molar-refractivity contribution < 1.29 is 14.6 Å². The molecule has 2 amide bonds. The molecule has 1 heterocycles. The Morgan fingerprint density at radius 3 is 2.58 bits per heavy atom. The molecule has 0 radical (unpaired) electrons. The summed E-state index contributed by atoms with van der Waals surface area (Å²) in [5.41, 5.74) is 1.40. The molecular weight excluding hydrogens is 304 g/mol. The number of aliphatic hydroxyl groups excluding tert-OH is 1. The lowest BCUT2D eigenvalue weighted by Gasteiger charge is -2.19. The lowest BCUT2D eigenvalue weighted by atomic mass is 9.87. The van der Waals surface area contributed by atoms with Crippen molar-refractivity contribution in [1.29, 1.82) is 0 Å². The number of nitrogens with zero attached hydrogens (tertiary/aromatic N) is 1. The van der Waals surface area contributed by atoms with Crippen molar-refractivity contribution in [3.8, 4) is 5.75 Å². The second kappa shape index (κ2) is 7.88. The van der Waals surface area contributed by atoms with Crippen LogP contribution in [0.1, 0.15) is 39.7 Å². The van der Waals surface area contributed by atoms with Crippen LogP contribution in [0.4, 0.5) is 4.79 Å². The van der Waals surface area contributed by atoms with Gasteiger partial charge in [0.1, 0.15) is 12.4 Å². The van der Waals surface area contributed by atoms with Gasteiger partial charge in [0.25, 0.3) is 0 Å². The SMILES string of the molecule is C[C@@H](O)[C@H]1CCN(C(=O)NCCOc2ccc(C(C)(C)C)cc2)C1. The first-order valence-corrected chi connectivity index (χ1v) is 8.71. The number of benzene rings is 1. The smallest absolute Gasteiger partial charge is 0.317 e. The van der Waals surface area contributed by atoms with Crippen LogP contribution in [0.5, 0.6) is 5.75 Å². The maximum atomic E-state index is 12.1. The summed E-state index contributed by atoms with van der Waals surface area (Å²) in [4.78, 5) is 13.8. The van der Waals surface area contributed by atoms with Gasteiger partial charge in [-0.25, -0.2) is 4.79 Å². The van der Waals surface area contributed by atoms with Crippen LogP contribution >= 0.6 is 0 Å². The van der Waals surface area contributed by atoms with Crippen molar-refractivity contribution in [3.63, 3.8) is 0 Å². The summed E-state index contributed by atoms with van der Waals surface area (Å²) in [5.74, 6) is 1.00. The molecule has 0 aliphatic carbocycles. The van der Waals surface area contributed by atoms with Crippen molar-refractivity contribution in [2.45, 2.75) is 45.6 Å². The van der Waals surface area contributed by atoms with E-state index in [0.29, 0.717) is 26.2 Å². The fraction of sp³-hybridized carbons (Fsp3) is 0.632. The highest BCUT2D eigenvalue weighted by Crippen LogP contribution is 2.24. The Bertz CT molecular complexity index is 535. The Kier molecular flexibility index (Phi) is 6.10. The van der Waals surface area contributed by atoms with Crippen molar-refractivity contribution in [3.05, 3.63) is 29.8 Å². The molecule has 1 fully saturated rings. The fourth-order valence-electron chi connectivity index (χ4n) is 2.86. The summed E-state index contributed by atoms with van der Waals surface area (Å²) in [6.45, 7) is 10.6. The molecule has 1 aliphatic heterocycles. The minimum Gasteiger partial charge on any atom is -0.492 e. The van der Waals surface area contributed by atoms with E-state index >= 15 is 0 Å². The first-order chi connectivity index (χ1) is 11.3. The molecule has 0 bridgehead atoms. The predicted octanol–water partition coefficient (Wildman–Crippen LogP) is 2.78. The molecule has 2 N–H and O–H groups in total. The van der Waals surface area contributed by atoms with Gasteiger partial charge in [-0.2, -0.15) is 0 Å². The van der Waals surface area contributed by atoms with Gasteiger partial charge in [0.15, 0.2) is 0 Å². The van der Waals surface area contributed by atoms with Crippen molar-refractivity contribution in [1.82, 2.24) is 10.2 Å². The van der Waals surface area contributed by atoms with Gasteiger partial charge in [-0.15, -0.1) is 0 Å². The van der Waals surface area contributed by atoms with Crippen LogP contribution in [0, 0.1) is 5.92 Å². The summed E-state index contributed by atoms with van der Waals surface area (Å²) < 4.78 is 5.67. The van der Waals surface area contributed by atoms with E-state index < -0.39 is 0 Å². The normalized spacial score (nSPS) is 19.2. The van der Waals surface area contributed by atoms with Gasteiger partial charge < -0.3 is 20.1 Å². The van der Waals surface area contributed by atoms with Gasteiger partial charge in [-0.05, 0) is 36.5 Å². The van der Waals surface area contributed by atoms with Crippen LogP contribution in [0.2, 0.25) is 0 Å². The molecule has 0 spiro atoms. The number of nitrogens with one attached hydrogen (secondary N) is 1. The third-order valence-electron chi connectivity index (χ3n) is 4.56. The number of hydrogen-bond acceptors (Lipinski definition) is 3. The summed E-state index contributed by atoms with van der Waals surface area (Å²) in [7, 11) is 0. The Morgan fingerprint density at radius 1 is 1.38 bits per heavy atom. The number of likely N-dealkylation sites (tertiary alicyclic amines) is 1. The molecule has 24 heavy (non-hydrogen) atoms. The molecule has 1 aromatic carbocycles. The largest absolute Gasteiger partial charge is 0.492 e. The van der Waals surface area contributed by atoms with Gasteiger partial charge in [-0.3, -0.25) is 0 Å². The highest BCUT2D eigenvalue weighted by molar-refractivity contribution is 5.74. The molecule has 0 aromatic heterocycles. The lowest BCUT2D eigenvalue weighted by molar-refractivity contribution is 0.129. The highest BCUT2D eigenvalue weighted by Gasteiger charge is 2.28. The van der Waals surface area contributed by atoms with Gasteiger partial charge in [0, 0.05) is 19.0 Å². The molecule has 1 aromatic rings. The van der Waals surface area contributed by atoms with Gasteiger partial charge >= 0.3 is 6.03 Å². The molecule has 0 saturated carbocycles. The number of rotatable bonds is 5. The summed E-state index contributed by atoms with van der Waals surface area (Å²) >= 11 is 0. The van der Waals surface area contributed by atoms with Crippen molar-refractivity contribution in [2.75, 3.05) is 26.2 Å². The Balaban J connectivity index is 1.69. The van der Waals surface area contributed by atoms with Crippen LogP contribution < -0.4 is 10.1 Å². The van der Waals surface area contributed by atoms with E-state index in [2.05, 4.69) is 38.2 Å². The van der Waals surface area contributed by atoms with Gasteiger partial charge in [0.05, 0.1) is 12.6 Å². The second-order valence-electron chi connectivity index (χ2n) is 7.59. The standard InChI is InChI=1S/C19H30N2O3/c1-14(22)15-9-11-21(13-15)18(23)20-10-12-24-17-7-5-16(6-8-17)19(2,3)4/h5-8,14-15,22H,9-13H2,1-4H3,(H,20,23)/t14-,15+/m1/s1. The minimum atomic E-state index is -0.359. The van der Waals surface area contributed by atoms with E-state index in [9.17, 15) is 9.90 Å². The van der Waals surface area contributed by atoms with E-state index in [-0.39, 0.29) is 23.5 Å². The number of ether oxygens (including phenoxy) is 1. The molecule has 1 saturated heterocycles. The molecule has 1 aliphatic rings. The third kappa shape index (κ3) is 5.13. The summed E-state index contributed by atoms with van der Waals surface area (Å²) in [6, 6.07) is 8.01. The Hall–Kier alpha value is -1.75. The average Bonchev–Trinajstić information content (AvgIpc) is 3.01. The molecular formula is C19H30N2O3. The number of urea groups is 1. The monoisotopic (exact) mass is 334 g/mol. The van der Waals surface area contributed by atoms with Crippen LogP contribution in [-0.2, 0) is 5.41 Å². The number of carbonyl (C=O) groups is 1. The van der Waals surface area contributed by atoms with Crippen LogP contribution in [0.3, 0.4) is 0 Å². The molecule has 134 valence electrons. The first-order valence-electron chi connectivity index (χ1n) is 8.71. The fourth-order valence-corrected chi connectivity index (χ4v) is 2.86. The maximum absolute atomic E-state index is 12.1. The minimum absolute atomic E-state index is 0.0789. The lowest BCUT2D eigenvalue weighted by Crippen LogP contribution is -2.40. The number of aliphatic hydroxyl groups is 1. The Labute approximate surface area is 145 Å². The van der Waals surface area contributed by atoms with Crippen LogP contribution in [0.15, 0.2) is 24.3 Å². The van der Waals surface area contributed by atoms with Crippen LogP contribution in [-0.4, -0.2) is 48.4 Å². The third-order valence-corrected chi connectivity index (χ3v) is 4.56. The second-order valence-corrected chi connectivity index (χ2v) is 7.59. The van der Waals surface area contributed by atoms with Crippen molar-refractivity contribution in [2.24, 2.45) is 5.92 Å². The zero-order valence-electron chi connectivity index (χ0n) is 15.2. The van der Waals surface area contributed by atoms with E-state index in [1.54, 1.807) is 11.8 Å². The zero-order valence-corrected chi connectivity index (χ0v) is 15.2. The number of hydrogen-bond donors (Lipinski definition) is 2. The molecule has 2 atom stereocenters. The predicted molar refractivity (Wildman–Crippen MR) is 95.4 cm³/mol. The summed E-state index contributed by atoms with van der Waals surface area (Å²) in [5, 5.41) is 12.5. The van der Waals surface area contributed by atoms with Gasteiger partial charge in [-0.1, -0.05) is 32.9 Å². The maximum Gasteiger partial charge on any atom is 0.317 e. The quantitative estimate of drug-likeness (QED) is 0.814. The molecule has 5 nitrogen and oxygen atoms in total. The van der Waals surface area contributed by atoms with Gasteiger partial charge in [0.2, 0.25) is 0 Å². The van der Waals surface area contributed by atoms with E-state index in [0.717, 1.165) is 12.2 Å². The topological polar surface area (TPSA) is 61.8 Å². The number of amides is 2. The Morgan fingerprint density at radius 2 is 2.04 bits per heavy atom. The highest BCUT2D eigenvalue weighted by atomic mass is 16.5. The molecule has 2 rings (SSSR count). The molecule has 0 unspecified atom stereocenters. The summed E-state index contributed by atoms with van der Waals surface area (Å²) in [6.07, 6.45) is 0.504. The average molecular weight is 334 g/mol.